The Balaban J connectivity index is 3.60. The summed E-state index contributed by atoms with van der Waals surface area (Å²) in [5.74, 6) is 0. The van der Waals surface area contributed by atoms with Gasteiger partial charge in [0, 0.05) is 6.42 Å². The van der Waals surface area contributed by atoms with Gasteiger partial charge in [-0.3, -0.25) is 0 Å². The van der Waals surface area contributed by atoms with Crippen LogP contribution in [-0.2, 0) is 0 Å². The highest BCUT2D eigenvalue weighted by Crippen LogP contribution is 2.09. The molecule has 0 aliphatic rings. The van der Waals surface area contributed by atoms with Crippen LogP contribution in [0.15, 0.2) is 12.7 Å². The molecular formula is C7H13ClO2. The van der Waals surface area contributed by atoms with Crippen molar-refractivity contribution in [2.45, 2.75) is 30.9 Å². The topological polar surface area (TPSA) is 40.5 Å². The van der Waals surface area contributed by atoms with E-state index in [-0.39, 0.29) is 0 Å². The van der Waals surface area contributed by atoms with Crippen molar-refractivity contribution in [2.75, 3.05) is 0 Å². The highest BCUT2D eigenvalue weighted by atomic mass is 35.5. The van der Waals surface area contributed by atoms with E-state index in [1.807, 2.05) is 0 Å². The predicted octanol–water partition coefficient (Wildman–Crippen LogP) is 0.912. The minimum Gasteiger partial charge on any atom is -0.393 e. The van der Waals surface area contributed by atoms with Gasteiger partial charge in [0.15, 0.2) is 0 Å². The lowest BCUT2D eigenvalue weighted by Gasteiger charge is -2.14. The van der Waals surface area contributed by atoms with E-state index >= 15 is 0 Å². The van der Waals surface area contributed by atoms with E-state index in [1.165, 1.54) is 6.08 Å². The molecule has 0 heterocycles. The van der Waals surface area contributed by atoms with Crippen molar-refractivity contribution in [1.29, 1.82) is 0 Å². The van der Waals surface area contributed by atoms with E-state index in [9.17, 15) is 0 Å². The monoisotopic (exact) mass is 164 g/mol. The van der Waals surface area contributed by atoms with Gasteiger partial charge in [-0.2, -0.15) is 0 Å². The number of halogens is 1. The van der Waals surface area contributed by atoms with Gasteiger partial charge in [-0.1, -0.05) is 6.08 Å². The fourth-order valence-electron chi connectivity index (χ4n) is 0.637. The number of aliphatic hydroxyl groups is 2. The van der Waals surface area contributed by atoms with Crippen LogP contribution < -0.4 is 0 Å². The summed E-state index contributed by atoms with van der Waals surface area (Å²) in [5, 5.41) is 17.5. The second-order valence-corrected chi connectivity index (χ2v) is 2.84. The normalized spacial score (nSPS) is 19.6. The average Bonchev–Trinajstić information content (AvgIpc) is 1.85. The van der Waals surface area contributed by atoms with E-state index in [2.05, 4.69) is 6.58 Å². The average molecular weight is 165 g/mol. The third-order valence-electron chi connectivity index (χ3n) is 1.18. The van der Waals surface area contributed by atoms with Crippen molar-refractivity contribution in [3.63, 3.8) is 0 Å². The maximum Gasteiger partial charge on any atom is 0.0773 e. The maximum absolute atomic E-state index is 9.12. The van der Waals surface area contributed by atoms with E-state index in [4.69, 9.17) is 21.8 Å². The van der Waals surface area contributed by atoms with Gasteiger partial charge in [-0.25, -0.2) is 0 Å². The molecule has 2 N–H and O–H groups in total. The summed E-state index contributed by atoms with van der Waals surface area (Å²) in [7, 11) is 0. The van der Waals surface area contributed by atoms with Gasteiger partial charge >= 0.3 is 0 Å². The molecule has 2 nitrogen and oxygen atoms in total. The van der Waals surface area contributed by atoms with E-state index in [1.54, 1.807) is 6.92 Å². The third-order valence-corrected chi connectivity index (χ3v) is 1.64. The fraction of sp³-hybridized carbons (Fsp3) is 0.714. The van der Waals surface area contributed by atoms with Gasteiger partial charge in [-0.05, 0) is 6.92 Å². The molecule has 0 saturated carbocycles. The maximum atomic E-state index is 9.12. The van der Waals surface area contributed by atoms with Crippen LogP contribution in [0.3, 0.4) is 0 Å². The van der Waals surface area contributed by atoms with Crippen LogP contribution in [0.5, 0.6) is 0 Å². The van der Waals surface area contributed by atoms with Crippen molar-refractivity contribution in [2.24, 2.45) is 0 Å². The Kier molecular flexibility index (Phi) is 4.69. The minimum atomic E-state index is -0.695. The second kappa shape index (κ2) is 4.72. The van der Waals surface area contributed by atoms with Crippen LogP contribution in [0.2, 0.25) is 0 Å². The quantitative estimate of drug-likeness (QED) is 0.479. The van der Waals surface area contributed by atoms with Gasteiger partial charge in [0.2, 0.25) is 0 Å². The first-order valence-electron chi connectivity index (χ1n) is 3.20. The number of hydrogen-bond donors (Lipinski definition) is 2. The summed E-state index contributed by atoms with van der Waals surface area (Å²) in [6.45, 7) is 5.02. The van der Waals surface area contributed by atoms with Crippen LogP contribution >= 0.6 is 11.6 Å². The molecule has 0 amide bonds. The fourth-order valence-corrected chi connectivity index (χ4v) is 0.739. The molecule has 0 aromatic rings. The van der Waals surface area contributed by atoms with Crippen molar-refractivity contribution in [3.8, 4) is 0 Å². The van der Waals surface area contributed by atoms with Crippen LogP contribution in [0, 0.1) is 0 Å². The van der Waals surface area contributed by atoms with Gasteiger partial charge in [0.05, 0.1) is 17.6 Å². The van der Waals surface area contributed by atoms with Crippen molar-refractivity contribution in [1.82, 2.24) is 0 Å². The SMILES string of the molecule is C=CC(Cl)C(O)CC(C)O. The summed E-state index contributed by atoms with van der Waals surface area (Å²) < 4.78 is 0. The Labute approximate surface area is 66.1 Å². The van der Waals surface area contributed by atoms with Crippen LogP contribution in [0.25, 0.3) is 0 Å². The van der Waals surface area contributed by atoms with Crippen LogP contribution in [-0.4, -0.2) is 27.8 Å². The number of rotatable bonds is 4. The summed E-state index contributed by atoms with van der Waals surface area (Å²) in [6.07, 6.45) is 0.532. The lowest BCUT2D eigenvalue weighted by molar-refractivity contribution is 0.0943. The zero-order valence-electron chi connectivity index (χ0n) is 6.00. The summed E-state index contributed by atoms with van der Waals surface area (Å²) in [4.78, 5) is 0. The summed E-state index contributed by atoms with van der Waals surface area (Å²) >= 11 is 5.58. The molecule has 3 heteroatoms. The molecule has 10 heavy (non-hydrogen) atoms. The Morgan fingerprint density at radius 3 is 2.40 bits per heavy atom. The molecule has 0 spiro atoms. The van der Waals surface area contributed by atoms with Crippen LogP contribution in [0.1, 0.15) is 13.3 Å². The van der Waals surface area contributed by atoms with Crippen molar-refractivity contribution < 1.29 is 10.2 Å². The third kappa shape index (κ3) is 3.88. The Bertz CT molecular complexity index is 104. The first-order valence-corrected chi connectivity index (χ1v) is 3.64. The first-order chi connectivity index (χ1) is 4.57. The summed E-state index contributed by atoms with van der Waals surface area (Å²) in [6, 6.07) is 0. The number of hydrogen-bond acceptors (Lipinski definition) is 2. The Hall–Kier alpha value is -0.0500. The van der Waals surface area contributed by atoms with Crippen molar-refractivity contribution in [3.05, 3.63) is 12.7 Å². The van der Waals surface area contributed by atoms with Crippen molar-refractivity contribution >= 4 is 11.6 Å². The zero-order chi connectivity index (χ0) is 8.15. The standard InChI is InChI=1S/C7H13ClO2/c1-3-6(8)7(10)4-5(2)9/h3,5-7,9-10H,1,4H2,2H3. The van der Waals surface area contributed by atoms with E-state index in [0.29, 0.717) is 6.42 Å². The first kappa shape index (κ1) is 9.95. The molecule has 0 bridgehead atoms. The molecule has 0 rings (SSSR count). The molecule has 0 fully saturated rings. The molecule has 0 radical (unpaired) electrons. The van der Waals surface area contributed by atoms with Gasteiger partial charge in [0.1, 0.15) is 0 Å². The Morgan fingerprint density at radius 2 is 2.10 bits per heavy atom. The summed E-state index contributed by atoms with van der Waals surface area (Å²) in [5.41, 5.74) is 0. The highest BCUT2D eigenvalue weighted by molar-refractivity contribution is 6.22. The molecule has 3 unspecified atom stereocenters. The molecule has 60 valence electrons. The molecular weight excluding hydrogens is 152 g/mol. The van der Waals surface area contributed by atoms with E-state index in [0.717, 1.165) is 0 Å². The molecule has 0 aliphatic carbocycles. The molecule has 0 saturated heterocycles. The zero-order valence-corrected chi connectivity index (χ0v) is 6.75. The minimum absolute atomic E-state index is 0.292. The number of aliphatic hydroxyl groups excluding tert-OH is 2. The number of alkyl halides is 1. The molecule has 3 atom stereocenters. The Morgan fingerprint density at radius 1 is 1.60 bits per heavy atom. The van der Waals surface area contributed by atoms with E-state index < -0.39 is 17.6 Å². The van der Waals surface area contributed by atoms with Gasteiger partial charge < -0.3 is 10.2 Å². The van der Waals surface area contributed by atoms with Gasteiger partial charge in [0.25, 0.3) is 0 Å². The lowest BCUT2D eigenvalue weighted by Crippen LogP contribution is -2.23. The second-order valence-electron chi connectivity index (χ2n) is 2.33. The largest absolute Gasteiger partial charge is 0.393 e. The molecule has 0 aromatic carbocycles. The highest BCUT2D eigenvalue weighted by Gasteiger charge is 2.14. The molecule has 0 aromatic heterocycles. The predicted molar refractivity (Wildman–Crippen MR) is 42.1 cm³/mol. The lowest BCUT2D eigenvalue weighted by atomic mass is 10.1. The van der Waals surface area contributed by atoms with Crippen LogP contribution in [0.4, 0.5) is 0 Å². The smallest absolute Gasteiger partial charge is 0.0773 e. The van der Waals surface area contributed by atoms with Gasteiger partial charge in [-0.15, -0.1) is 18.2 Å². The molecule has 0 aliphatic heterocycles.